The molecule has 42 heavy (non-hydrogen) atoms. The third-order valence-electron chi connectivity index (χ3n) is 6.71. The van der Waals surface area contributed by atoms with Crippen LogP contribution in [0.2, 0.25) is 0 Å². The molecule has 6 aromatic carbocycles. The quantitative estimate of drug-likeness (QED) is 0.167. The van der Waals surface area contributed by atoms with E-state index in [0.29, 0.717) is 17.2 Å². The van der Waals surface area contributed by atoms with E-state index >= 15 is 0 Å². The van der Waals surface area contributed by atoms with Crippen molar-refractivity contribution in [2.45, 2.75) is 0 Å². The van der Waals surface area contributed by atoms with Crippen molar-refractivity contribution in [2.75, 3.05) is 0 Å². The second-order valence-corrected chi connectivity index (χ2v) is 15.1. The van der Waals surface area contributed by atoms with Gasteiger partial charge in [-0.05, 0) is 36.4 Å². The van der Waals surface area contributed by atoms with Crippen LogP contribution >= 0.6 is 0 Å². The lowest BCUT2D eigenvalue weighted by Gasteiger charge is -2.39. The van der Waals surface area contributed by atoms with E-state index in [4.69, 9.17) is 17.4 Å². The highest BCUT2D eigenvalue weighted by atomic mass is 28.5. The van der Waals surface area contributed by atoms with Crippen molar-refractivity contribution in [3.05, 3.63) is 182 Å². The molecular formula is C36H30O4Si2. The van der Waals surface area contributed by atoms with E-state index < -0.39 is 17.4 Å². The van der Waals surface area contributed by atoms with E-state index in [0.717, 1.165) is 15.6 Å². The van der Waals surface area contributed by atoms with Gasteiger partial charge in [-0.3, -0.25) is 0 Å². The zero-order valence-electron chi connectivity index (χ0n) is 23.0. The summed E-state index contributed by atoms with van der Waals surface area (Å²) in [6.07, 6.45) is 0. The average molecular weight is 583 g/mol. The Balaban J connectivity index is 1.62. The molecule has 0 bridgehead atoms. The van der Waals surface area contributed by atoms with Crippen LogP contribution in [0.25, 0.3) is 0 Å². The van der Waals surface area contributed by atoms with Gasteiger partial charge >= 0.3 is 17.4 Å². The molecule has 0 heterocycles. The minimum atomic E-state index is -3.87. The Bertz CT molecular complexity index is 1570. The molecule has 6 rings (SSSR count). The van der Waals surface area contributed by atoms with Crippen molar-refractivity contribution in [2.24, 2.45) is 0 Å². The highest BCUT2D eigenvalue weighted by Crippen LogP contribution is 2.27. The molecule has 0 atom stereocenters. The minimum Gasteiger partial charge on any atom is -0.514 e. The maximum absolute atomic E-state index is 7.61. The summed E-state index contributed by atoms with van der Waals surface area (Å²) in [7, 11) is -7.47. The van der Waals surface area contributed by atoms with E-state index in [1.807, 2.05) is 158 Å². The van der Waals surface area contributed by atoms with Gasteiger partial charge in [0.2, 0.25) is 0 Å². The standard InChI is InChI=1S/C36H30O4Si2/c1-7-19-31(20-8-1)37-41(34-25-13-4-14-26-34,35-27-15-5-16-28-35)40-42(36-29-17-6-18-30-36,38-32-21-9-2-10-22-32)39-33-23-11-3-12-24-33/h1-30H. The second kappa shape index (κ2) is 12.7. The molecule has 0 aromatic heterocycles. The van der Waals surface area contributed by atoms with Crippen molar-refractivity contribution < 1.29 is 17.4 Å². The van der Waals surface area contributed by atoms with Crippen LogP contribution < -0.4 is 28.8 Å². The molecule has 0 amide bonds. The molecule has 0 spiro atoms. The summed E-state index contributed by atoms with van der Waals surface area (Å²) < 4.78 is 28.7. The summed E-state index contributed by atoms with van der Waals surface area (Å²) in [5, 5.41) is 2.68. The van der Waals surface area contributed by atoms with Crippen LogP contribution in [-0.2, 0) is 4.12 Å². The molecule has 0 N–H and O–H groups in total. The number of para-hydroxylation sites is 3. The van der Waals surface area contributed by atoms with Crippen molar-refractivity contribution in [1.82, 2.24) is 0 Å². The van der Waals surface area contributed by atoms with Gasteiger partial charge in [0, 0.05) is 15.6 Å². The summed E-state index contributed by atoms with van der Waals surface area (Å²) in [6, 6.07) is 59.5. The van der Waals surface area contributed by atoms with Gasteiger partial charge in [0.1, 0.15) is 17.2 Å². The Kier molecular flexibility index (Phi) is 8.28. The zero-order valence-corrected chi connectivity index (χ0v) is 25.0. The number of benzene rings is 6. The van der Waals surface area contributed by atoms with Gasteiger partial charge in [-0.2, -0.15) is 0 Å². The van der Waals surface area contributed by atoms with Crippen molar-refractivity contribution >= 4 is 32.9 Å². The molecule has 0 aliphatic heterocycles. The Morgan fingerprint density at radius 3 is 0.929 bits per heavy atom. The lowest BCUT2D eigenvalue weighted by molar-refractivity contribution is 0.256. The fourth-order valence-corrected chi connectivity index (χ4v) is 12.2. The third-order valence-corrected chi connectivity index (χ3v) is 13.7. The maximum Gasteiger partial charge on any atom is 0.661 e. The highest BCUT2D eigenvalue weighted by Gasteiger charge is 2.60. The number of hydrogen-bond donors (Lipinski definition) is 0. The highest BCUT2D eigenvalue weighted by molar-refractivity contribution is 6.99. The molecule has 0 fully saturated rings. The Labute approximate surface area is 249 Å². The van der Waals surface area contributed by atoms with Crippen LogP contribution in [0, 0.1) is 0 Å². The van der Waals surface area contributed by atoms with Crippen LogP contribution in [0.15, 0.2) is 182 Å². The first-order valence-corrected chi connectivity index (χ1v) is 17.4. The normalized spacial score (nSPS) is 11.4. The van der Waals surface area contributed by atoms with E-state index in [-0.39, 0.29) is 0 Å². The van der Waals surface area contributed by atoms with Crippen molar-refractivity contribution in [3.63, 3.8) is 0 Å². The first-order chi connectivity index (χ1) is 20.8. The van der Waals surface area contributed by atoms with E-state index in [1.165, 1.54) is 0 Å². The van der Waals surface area contributed by atoms with Crippen LogP contribution in [0.3, 0.4) is 0 Å². The molecular weight excluding hydrogens is 553 g/mol. The lowest BCUT2D eigenvalue weighted by atomic mass is 10.3. The molecule has 4 nitrogen and oxygen atoms in total. The van der Waals surface area contributed by atoms with Crippen molar-refractivity contribution in [3.8, 4) is 17.2 Å². The molecule has 0 aliphatic carbocycles. The van der Waals surface area contributed by atoms with E-state index in [1.54, 1.807) is 0 Å². The smallest absolute Gasteiger partial charge is 0.514 e. The van der Waals surface area contributed by atoms with Gasteiger partial charge in [-0.25, -0.2) is 0 Å². The van der Waals surface area contributed by atoms with Gasteiger partial charge < -0.3 is 17.4 Å². The van der Waals surface area contributed by atoms with Gasteiger partial charge in [-0.15, -0.1) is 0 Å². The van der Waals surface area contributed by atoms with Gasteiger partial charge in [0.25, 0.3) is 0 Å². The second-order valence-electron chi connectivity index (χ2n) is 9.62. The first-order valence-electron chi connectivity index (χ1n) is 13.8. The van der Waals surface area contributed by atoms with Crippen LogP contribution in [0.5, 0.6) is 17.2 Å². The van der Waals surface area contributed by atoms with Crippen molar-refractivity contribution in [1.29, 1.82) is 0 Å². The van der Waals surface area contributed by atoms with E-state index in [9.17, 15) is 0 Å². The topological polar surface area (TPSA) is 36.9 Å². The zero-order chi connectivity index (χ0) is 28.5. The average Bonchev–Trinajstić information content (AvgIpc) is 3.07. The predicted octanol–water partition coefficient (Wildman–Crippen LogP) is 6.34. The largest absolute Gasteiger partial charge is 0.661 e. The summed E-state index contributed by atoms with van der Waals surface area (Å²) in [6.45, 7) is 0. The molecule has 206 valence electrons. The third kappa shape index (κ3) is 6.06. The SMILES string of the molecule is c1ccc(O[Si](Oc2ccccc2)(O[Si](Oc2ccccc2)(c2ccccc2)c2ccccc2)c2ccccc2)cc1. The van der Waals surface area contributed by atoms with Crippen LogP contribution in [0.4, 0.5) is 0 Å². The monoisotopic (exact) mass is 582 g/mol. The van der Waals surface area contributed by atoms with Gasteiger partial charge in [-0.1, -0.05) is 146 Å². The summed E-state index contributed by atoms with van der Waals surface area (Å²) in [5.41, 5.74) is 0. The lowest BCUT2D eigenvalue weighted by Crippen LogP contribution is -2.76. The molecule has 0 unspecified atom stereocenters. The Morgan fingerprint density at radius 1 is 0.286 bits per heavy atom. The molecule has 0 saturated carbocycles. The molecule has 0 aliphatic rings. The van der Waals surface area contributed by atoms with Crippen LogP contribution in [-0.4, -0.2) is 17.4 Å². The first kappa shape index (κ1) is 27.3. The van der Waals surface area contributed by atoms with Gasteiger partial charge in [0.05, 0.1) is 0 Å². The molecule has 0 radical (unpaired) electrons. The van der Waals surface area contributed by atoms with Gasteiger partial charge in [0.15, 0.2) is 0 Å². The number of rotatable bonds is 11. The summed E-state index contributed by atoms with van der Waals surface area (Å²) >= 11 is 0. The fraction of sp³-hybridized carbons (Fsp3) is 0. The fourth-order valence-electron chi connectivity index (χ4n) is 4.75. The maximum atomic E-state index is 7.61. The van der Waals surface area contributed by atoms with Crippen LogP contribution in [0.1, 0.15) is 0 Å². The van der Waals surface area contributed by atoms with E-state index in [2.05, 4.69) is 24.3 Å². The Morgan fingerprint density at radius 2 is 0.571 bits per heavy atom. The molecule has 6 heteroatoms. The predicted molar refractivity (Wildman–Crippen MR) is 172 cm³/mol. The Hall–Kier alpha value is -4.89. The minimum absolute atomic E-state index is 0.646. The number of hydrogen-bond acceptors (Lipinski definition) is 4. The molecule has 6 aromatic rings. The molecule has 0 saturated heterocycles. The summed E-state index contributed by atoms with van der Waals surface area (Å²) in [4.78, 5) is 0. The summed E-state index contributed by atoms with van der Waals surface area (Å²) in [5.74, 6) is 1.99.